The Morgan fingerprint density at radius 3 is 1.59 bits per heavy atom. The second-order valence-electron chi connectivity index (χ2n) is 7.83. The third-order valence-corrected chi connectivity index (χ3v) is 7.44. The van der Waals surface area contributed by atoms with E-state index < -0.39 is 0 Å². The highest BCUT2D eigenvalue weighted by Crippen LogP contribution is 2.49. The standard InChI is InChI=1S/C30H30OS/c1-3-24-15-17-25(18-16-24)23-32-30(26-11-7-5-8-12-26,27-13-9-6-10-14-27)28-19-21-29(22-20-28)31-4-2/h5-22H,3-4,23H2,1-2H3. The minimum Gasteiger partial charge on any atom is -0.494 e. The molecular weight excluding hydrogens is 408 g/mol. The Morgan fingerprint density at radius 2 is 1.09 bits per heavy atom. The lowest BCUT2D eigenvalue weighted by atomic mass is 9.84. The highest BCUT2D eigenvalue weighted by Gasteiger charge is 2.37. The summed E-state index contributed by atoms with van der Waals surface area (Å²) < 4.78 is 5.41. The van der Waals surface area contributed by atoms with Gasteiger partial charge in [0.05, 0.1) is 11.4 Å². The summed E-state index contributed by atoms with van der Waals surface area (Å²) >= 11 is 1.97. The molecule has 0 aliphatic heterocycles. The fourth-order valence-corrected chi connectivity index (χ4v) is 5.59. The van der Waals surface area contributed by atoms with Crippen molar-refractivity contribution in [2.45, 2.75) is 30.8 Å². The molecular formula is C30H30OS. The van der Waals surface area contributed by atoms with E-state index in [1.807, 2.05) is 18.7 Å². The van der Waals surface area contributed by atoms with E-state index in [9.17, 15) is 0 Å². The lowest BCUT2D eigenvalue weighted by molar-refractivity contribution is 0.340. The largest absolute Gasteiger partial charge is 0.494 e. The molecule has 0 heterocycles. The van der Waals surface area contributed by atoms with Crippen LogP contribution in [0, 0.1) is 0 Å². The molecule has 0 N–H and O–H groups in total. The number of ether oxygens (including phenoxy) is 1. The van der Waals surface area contributed by atoms with Crippen molar-refractivity contribution in [1.29, 1.82) is 0 Å². The quantitative estimate of drug-likeness (QED) is 0.246. The van der Waals surface area contributed by atoms with Crippen LogP contribution in [0.5, 0.6) is 5.75 Å². The van der Waals surface area contributed by atoms with Crippen LogP contribution in [0.1, 0.15) is 41.7 Å². The fraction of sp³-hybridized carbons (Fsp3) is 0.200. The van der Waals surface area contributed by atoms with Gasteiger partial charge in [-0.05, 0) is 53.3 Å². The van der Waals surface area contributed by atoms with Crippen LogP contribution in [0.2, 0.25) is 0 Å². The topological polar surface area (TPSA) is 9.23 Å². The van der Waals surface area contributed by atoms with E-state index in [4.69, 9.17) is 4.74 Å². The molecule has 32 heavy (non-hydrogen) atoms. The first-order valence-corrected chi connectivity index (χ1v) is 12.3. The van der Waals surface area contributed by atoms with Crippen LogP contribution < -0.4 is 4.74 Å². The number of benzene rings is 4. The zero-order valence-electron chi connectivity index (χ0n) is 18.8. The average molecular weight is 439 g/mol. The third kappa shape index (κ3) is 4.76. The summed E-state index contributed by atoms with van der Waals surface area (Å²) in [7, 11) is 0. The van der Waals surface area contributed by atoms with Crippen molar-refractivity contribution in [3.63, 3.8) is 0 Å². The maximum atomic E-state index is 5.73. The van der Waals surface area contributed by atoms with Gasteiger partial charge in [-0.15, -0.1) is 11.8 Å². The number of rotatable bonds is 9. The Balaban J connectivity index is 1.82. The van der Waals surface area contributed by atoms with Gasteiger partial charge in [0.1, 0.15) is 5.75 Å². The molecule has 4 rings (SSSR count). The van der Waals surface area contributed by atoms with Crippen molar-refractivity contribution in [3.8, 4) is 5.75 Å². The zero-order chi connectivity index (χ0) is 22.2. The predicted octanol–water partition coefficient (Wildman–Crippen LogP) is 7.87. The molecule has 0 spiro atoms. The SMILES string of the molecule is CCOc1ccc(C(SCc2ccc(CC)cc2)(c2ccccc2)c2ccccc2)cc1. The van der Waals surface area contributed by atoms with Crippen LogP contribution in [-0.2, 0) is 16.9 Å². The molecule has 1 nitrogen and oxygen atoms in total. The van der Waals surface area contributed by atoms with Crippen molar-refractivity contribution in [2.24, 2.45) is 0 Å². The molecule has 0 radical (unpaired) electrons. The number of hydrogen-bond donors (Lipinski definition) is 0. The molecule has 0 atom stereocenters. The minimum atomic E-state index is -0.323. The second kappa shape index (κ2) is 10.6. The van der Waals surface area contributed by atoms with Gasteiger partial charge in [0.25, 0.3) is 0 Å². The normalized spacial score (nSPS) is 11.3. The molecule has 0 saturated heterocycles. The van der Waals surface area contributed by atoms with Crippen LogP contribution in [0.25, 0.3) is 0 Å². The van der Waals surface area contributed by atoms with Crippen molar-refractivity contribution in [1.82, 2.24) is 0 Å². The van der Waals surface area contributed by atoms with E-state index >= 15 is 0 Å². The highest BCUT2D eigenvalue weighted by molar-refractivity contribution is 7.99. The van der Waals surface area contributed by atoms with Crippen molar-refractivity contribution in [3.05, 3.63) is 137 Å². The molecule has 4 aromatic rings. The maximum Gasteiger partial charge on any atom is 0.119 e. The van der Waals surface area contributed by atoms with Gasteiger partial charge in [0, 0.05) is 5.75 Å². The Morgan fingerprint density at radius 1 is 0.594 bits per heavy atom. The first-order valence-electron chi connectivity index (χ1n) is 11.3. The summed E-state index contributed by atoms with van der Waals surface area (Å²) in [5.74, 6) is 1.83. The van der Waals surface area contributed by atoms with Crippen molar-refractivity contribution < 1.29 is 4.74 Å². The Bertz CT molecular complexity index is 1050. The molecule has 0 fully saturated rings. The molecule has 0 unspecified atom stereocenters. The van der Waals surface area contributed by atoms with Gasteiger partial charge in [-0.1, -0.05) is 104 Å². The van der Waals surface area contributed by atoms with Crippen LogP contribution in [-0.4, -0.2) is 6.61 Å². The van der Waals surface area contributed by atoms with Crippen LogP contribution >= 0.6 is 11.8 Å². The van der Waals surface area contributed by atoms with Gasteiger partial charge in [-0.3, -0.25) is 0 Å². The van der Waals surface area contributed by atoms with Crippen molar-refractivity contribution in [2.75, 3.05) is 6.61 Å². The zero-order valence-corrected chi connectivity index (χ0v) is 19.6. The summed E-state index contributed by atoms with van der Waals surface area (Å²) in [4.78, 5) is 0. The second-order valence-corrected chi connectivity index (χ2v) is 9.02. The number of hydrogen-bond acceptors (Lipinski definition) is 2. The average Bonchev–Trinajstić information content (AvgIpc) is 2.87. The maximum absolute atomic E-state index is 5.73. The highest BCUT2D eigenvalue weighted by atomic mass is 32.2. The van der Waals surface area contributed by atoms with E-state index in [1.165, 1.54) is 27.8 Å². The predicted molar refractivity (Wildman–Crippen MR) is 137 cm³/mol. The van der Waals surface area contributed by atoms with Gasteiger partial charge in [0.2, 0.25) is 0 Å². The third-order valence-electron chi connectivity index (χ3n) is 5.82. The monoisotopic (exact) mass is 438 g/mol. The molecule has 2 heteroatoms. The van der Waals surface area contributed by atoms with Gasteiger partial charge < -0.3 is 4.74 Å². The van der Waals surface area contributed by atoms with E-state index in [2.05, 4.69) is 116 Å². The van der Waals surface area contributed by atoms with Gasteiger partial charge in [-0.25, -0.2) is 0 Å². The fourth-order valence-electron chi connectivity index (χ4n) is 4.11. The van der Waals surface area contributed by atoms with Crippen LogP contribution in [0.3, 0.4) is 0 Å². The summed E-state index contributed by atoms with van der Waals surface area (Å²) in [5, 5.41) is 0. The van der Waals surface area contributed by atoms with Gasteiger partial charge >= 0.3 is 0 Å². The Kier molecular flexibility index (Phi) is 7.34. The summed E-state index contributed by atoms with van der Waals surface area (Å²) in [6.45, 7) is 4.89. The first-order chi connectivity index (χ1) is 15.8. The van der Waals surface area contributed by atoms with Crippen LogP contribution in [0.4, 0.5) is 0 Å². The summed E-state index contributed by atoms with van der Waals surface area (Å²) in [6, 6.07) is 39.4. The lowest BCUT2D eigenvalue weighted by Gasteiger charge is -2.35. The van der Waals surface area contributed by atoms with E-state index in [1.54, 1.807) is 0 Å². The molecule has 0 aliphatic carbocycles. The summed E-state index contributed by atoms with van der Waals surface area (Å²) in [5.41, 5.74) is 6.54. The van der Waals surface area contributed by atoms with Gasteiger partial charge in [0.15, 0.2) is 0 Å². The summed E-state index contributed by atoms with van der Waals surface area (Å²) in [6.07, 6.45) is 1.07. The minimum absolute atomic E-state index is 0.323. The van der Waals surface area contributed by atoms with E-state index in [0.29, 0.717) is 6.61 Å². The Labute approximate surface area is 196 Å². The molecule has 162 valence electrons. The van der Waals surface area contributed by atoms with E-state index in [-0.39, 0.29) is 4.75 Å². The molecule has 0 bridgehead atoms. The molecule has 0 amide bonds. The molecule has 0 saturated carbocycles. The molecule has 0 aliphatic rings. The number of thioether (sulfide) groups is 1. The van der Waals surface area contributed by atoms with Crippen molar-refractivity contribution >= 4 is 11.8 Å². The van der Waals surface area contributed by atoms with Crippen LogP contribution in [0.15, 0.2) is 109 Å². The lowest BCUT2D eigenvalue weighted by Crippen LogP contribution is -2.25. The first kappa shape index (κ1) is 22.2. The number of aryl methyl sites for hydroxylation is 1. The van der Waals surface area contributed by atoms with Gasteiger partial charge in [-0.2, -0.15) is 0 Å². The molecule has 0 aromatic heterocycles. The van der Waals surface area contributed by atoms with E-state index in [0.717, 1.165) is 17.9 Å². The Hall–Kier alpha value is -2.97. The molecule has 4 aromatic carbocycles. The smallest absolute Gasteiger partial charge is 0.119 e.